The van der Waals surface area contributed by atoms with Gasteiger partial charge in [-0.15, -0.1) is 0 Å². The van der Waals surface area contributed by atoms with Crippen LogP contribution in [0.4, 0.5) is 11.4 Å². The number of aliphatic imine (C=N–C) groups is 1. The van der Waals surface area contributed by atoms with Gasteiger partial charge in [0.15, 0.2) is 4.90 Å². The highest BCUT2D eigenvalue weighted by atomic mass is 32.2. The summed E-state index contributed by atoms with van der Waals surface area (Å²) in [5, 5.41) is 26.0. The first kappa shape index (κ1) is 30.6. The summed E-state index contributed by atoms with van der Waals surface area (Å²) in [6.45, 7) is 0. The fourth-order valence-electron chi connectivity index (χ4n) is 4.98. The van der Waals surface area contributed by atoms with Crippen LogP contribution in [-0.2, 0) is 14.9 Å². The van der Waals surface area contributed by atoms with Crippen molar-refractivity contribution in [3.8, 4) is 0 Å². The Bertz CT molecular complexity index is 2380. The van der Waals surface area contributed by atoms with Crippen LogP contribution in [0, 0.1) is 20.2 Å². The number of hydrogen-bond acceptors (Lipinski definition) is 9. The summed E-state index contributed by atoms with van der Waals surface area (Å²) in [7, 11) is -4.79. The number of non-ortho nitro benzene ring substituents is 1. The Morgan fingerprint density at radius 3 is 2.15 bits per heavy atom. The standard InChI is InChI=1S/C26H18N4O.C6H4N2O7S/c31-26-24-15-22-11-9-20(29-22)13-18-7-6-17(27-18)12-19-8-10-21(28-19)14-23(30-24)25(26)16-4-2-1-3-5-16;9-7(10)4-1-2-6(16(13,14)15)5(3-4)8(11)12/h1-15,27,29-30H;1-3H,(H,13,14,15). The molecule has 0 amide bonds. The highest BCUT2D eigenvalue weighted by molar-refractivity contribution is 7.86. The van der Waals surface area contributed by atoms with E-state index in [2.05, 4.69) is 15.3 Å². The molecule has 4 N–H and O–H groups in total. The maximum Gasteiger partial charge on any atom is 0.301 e. The molecule has 4 aromatic rings. The van der Waals surface area contributed by atoms with E-state index in [9.17, 15) is 33.4 Å². The number of nitro groups is 2. The number of nitro benzene ring substituents is 2. The number of aromatic nitrogens is 2. The fraction of sp³-hybridized carbons (Fsp3) is 0. The Labute approximate surface area is 265 Å². The topological polar surface area (TPSA) is 214 Å². The number of Topliss-reactive ketones (excluding diaryl/α,β-unsaturated/α-hetero) is 1. The lowest BCUT2D eigenvalue weighted by molar-refractivity contribution is -0.396. The van der Waals surface area contributed by atoms with E-state index in [4.69, 9.17) is 9.55 Å². The van der Waals surface area contributed by atoms with Crippen LogP contribution in [0.15, 0.2) is 118 Å². The van der Waals surface area contributed by atoms with Crippen molar-refractivity contribution in [3.05, 3.63) is 156 Å². The van der Waals surface area contributed by atoms with Crippen LogP contribution in [0.3, 0.4) is 0 Å². The Hall–Kier alpha value is -6.45. The highest BCUT2D eigenvalue weighted by Gasteiger charge is 2.29. The molecule has 0 fully saturated rings. The van der Waals surface area contributed by atoms with Crippen LogP contribution in [0.2, 0.25) is 0 Å². The number of benzene rings is 2. The number of fused-ring (bicyclic) bond motifs is 7. The summed E-state index contributed by atoms with van der Waals surface area (Å²) >= 11 is 0. The van der Waals surface area contributed by atoms with Gasteiger partial charge in [-0.3, -0.25) is 29.6 Å². The minimum absolute atomic E-state index is 0.0335. The number of nitrogens with zero attached hydrogens (tertiary/aromatic N) is 3. The van der Waals surface area contributed by atoms with E-state index in [1.54, 1.807) is 0 Å². The molecule has 15 heteroatoms. The largest absolute Gasteiger partial charge is 0.355 e. The van der Waals surface area contributed by atoms with Crippen LogP contribution in [0.25, 0.3) is 23.8 Å². The smallest absolute Gasteiger partial charge is 0.301 e. The van der Waals surface area contributed by atoms with Gasteiger partial charge >= 0.3 is 10.1 Å². The molecule has 8 bridgehead atoms. The van der Waals surface area contributed by atoms with Gasteiger partial charge in [0.05, 0.1) is 44.3 Å². The molecule has 0 saturated carbocycles. The Morgan fingerprint density at radius 1 is 0.766 bits per heavy atom. The number of aromatic amines is 2. The van der Waals surface area contributed by atoms with Gasteiger partial charge in [0, 0.05) is 28.2 Å². The number of carbonyl (C=O) groups excluding carboxylic acids is 1. The number of ketones is 1. The average molecular weight is 651 g/mol. The van der Waals surface area contributed by atoms with Crippen molar-refractivity contribution in [2.75, 3.05) is 0 Å². The molecule has 0 unspecified atom stereocenters. The van der Waals surface area contributed by atoms with E-state index in [1.165, 1.54) is 0 Å². The second-order valence-electron chi connectivity index (χ2n) is 10.3. The minimum atomic E-state index is -4.79. The number of hydrogen-bond donors (Lipinski definition) is 4. The maximum absolute atomic E-state index is 13.3. The van der Waals surface area contributed by atoms with Crippen molar-refractivity contribution >= 4 is 56.8 Å². The van der Waals surface area contributed by atoms with Crippen molar-refractivity contribution in [3.63, 3.8) is 0 Å². The molecule has 2 aromatic heterocycles. The summed E-state index contributed by atoms with van der Waals surface area (Å²) < 4.78 is 30.1. The van der Waals surface area contributed by atoms with E-state index in [1.807, 2.05) is 91.1 Å². The molecule has 47 heavy (non-hydrogen) atoms. The molecule has 5 heterocycles. The molecule has 14 nitrogen and oxygen atoms in total. The average Bonchev–Trinajstić information content (AvgIpc) is 3.83. The summed E-state index contributed by atoms with van der Waals surface area (Å²) in [5.41, 5.74) is 4.59. The van der Waals surface area contributed by atoms with Crippen molar-refractivity contribution in [1.29, 1.82) is 0 Å². The van der Waals surface area contributed by atoms with Gasteiger partial charge in [0.2, 0.25) is 5.78 Å². The Kier molecular flexibility index (Phi) is 7.90. The fourth-order valence-corrected chi connectivity index (χ4v) is 5.62. The molecule has 2 aromatic carbocycles. The molecular formula is C32H22N6O8S. The molecule has 3 aliphatic rings. The molecule has 0 saturated heterocycles. The quantitative estimate of drug-likeness (QED) is 0.144. The molecule has 3 aliphatic heterocycles. The summed E-state index contributed by atoms with van der Waals surface area (Å²) in [6, 6.07) is 19.6. The van der Waals surface area contributed by atoms with Crippen LogP contribution in [0.1, 0.15) is 17.0 Å². The van der Waals surface area contributed by atoms with E-state index in [-0.39, 0.29) is 5.78 Å². The van der Waals surface area contributed by atoms with Crippen LogP contribution in [0.5, 0.6) is 0 Å². The SMILES string of the molecule is O=C1C2=Cc3ccc([nH]3)C=c3ccc([nH]3)=CC3=NC(=CC(=C1c1ccccc1)N2)C=C3.O=[N+]([O-])c1ccc(S(=O)(=O)O)c([N+](=O)[O-])c1. The Morgan fingerprint density at radius 2 is 1.47 bits per heavy atom. The van der Waals surface area contributed by atoms with E-state index in [0.29, 0.717) is 23.4 Å². The normalized spacial score (nSPS) is 14.9. The summed E-state index contributed by atoms with van der Waals surface area (Å²) in [4.78, 5) is 42.5. The molecular weight excluding hydrogens is 628 g/mol. The molecule has 0 atom stereocenters. The third kappa shape index (κ3) is 6.65. The monoisotopic (exact) mass is 650 g/mol. The van der Waals surface area contributed by atoms with Crippen molar-refractivity contribution in [2.24, 2.45) is 4.99 Å². The highest BCUT2D eigenvalue weighted by Crippen LogP contribution is 2.31. The first-order valence-corrected chi connectivity index (χ1v) is 15.2. The lowest BCUT2D eigenvalue weighted by atomic mass is 10.0. The number of nitrogens with one attached hydrogen (secondary N) is 3. The van der Waals surface area contributed by atoms with Gasteiger partial charge in [-0.1, -0.05) is 30.3 Å². The third-order valence-corrected chi connectivity index (χ3v) is 7.95. The summed E-state index contributed by atoms with van der Waals surface area (Å²) in [6.07, 6.45) is 11.8. The maximum atomic E-state index is 13.3. The van der Waals surface area contributed by atoms with E-state index >= 15 is 0 Å². The minimum Gasteiger partial charge on any atom is -0.355 e. The van der Waals surface area contributed by atoms with Crippen LogP contribution in [-0.4, -0.2) is 44.3 Å². The molecule has 0 radical (unpaired) electrons. The van der Waals surface area contributed by atoms with E-state index in [0.717, 1.165) is 50.8 Å². The predicted octanol–water partition coefficient (Wildman–Crippen LogP) is 3.53. The lowest BCUT2D eigenvalue weighted by Gasteiger charge is -2.02. The number of carbonyl (C=O) groups is 1. The van der Waals surface area contributed by atoms with Crippen molar-refractivity contribution < 1.29 is 27.6 Å². The summed E-state index contributed by atoms with van der Waals surface area (Å²) in [5.74, 6) is -0.0335. The van der Waals surface area contributed by atoms with Crippen LogP contribution < -0.4 is 16.0 Å². The number of rotatable bonds is 4. The molecule has 7 rings (SSSR count). The van der Waals surface area contributed by atoms with Crippen LogP contribution >= 0.6 is 0 Å². The van der Waals surface area contributed by atoms with Gasteiger partial charge in [0.1, 0.15) is 0 Å². The van der Waals surface area contributed by atoms with Crippen molar-refractivity contribution in [1.82, 2.24) is 15.3 Å². The Balaban J connectivity index is 0.000000205. The van der Waals surface area contributed by atoms with Gasteiger partial charge in [-0.2, -0.15) is 8.42 Å². The zero-order chi connectivity index (χ0) is 33.3. The lowest BCUT2D eigenvalue weighted by Crippen LogP contribution is -2.11. The molecule has 0 aliphatic carbocycles. The molecule has 0 spiro atoms. The van der Waals surface area contributed by atoms with E-state index < -0.39 is 36.2 Å². The van der Waals surface area contributed by atoms with Gasteiger partial charge in [0.25, 0.3) is 11.4 Å². The zero-order valence-corrected chi connectivity index (χ0v) is 24.8. The first-order valence-electron chi connectivity index (χ1n) is 13.7. The zero-order valence-electron chi connectivity index (χ0n) is 23.9. The first-order chi connectivity index (χ1) is 22.4. The second kappa shape index (κ2) is 12.2. The second-order valence-corrected chi connectivity index (χ2v) is 11.7. The van der Waals surface area contributed by atoms with Gasteiger partial charge in [-0.25, -0.2) is 4.99 Å². The predicted molar refractivity (Wildman–Crippen MR) is 173 cm³/mol. The van der Waals surface area contributed by atoms with Gasteiger partial charge < -0.3 is 15.3 Å². The third-order valence-electron chi connectivity index (χ3n) is 7.05. The number of H-pyrrole nitrogens is 2. The number of allylic oxidation sites excluding steroid dienone is 4. The molecule has 234 valence electrons. The van der Waals surface area contributed by atoms with Crippen molar-refractivity contribution in [2.45, 2.75) is 4.90 Å². The van der Waals surface area contributed by atoms with Gasteiger partial charge in [-0.05, 0) is 72.4 Å².